The molecule has 1 aliphatic rings. The smallest absolute Gasteiger partial charge is 0.252 e. The third-order valence-corrected chi connectivity index (χ3v) is 7.83. The zero-order valence-electron chi connectivity index (χ0n) is 14.5. The van der Waals surface area contributed by atoms with Crippen LogP contribution >= 0.6 is 11.3 Å². The second kappa shape index (κ2) is 7.08. The molecule has 0 aliphatic carbocycles. The normalized spacial score (nSPS) is 22.1. The number of sulfonamides is 1. The number of likely N-dealkylation sites (N-methyl/N-ethyl adjacent to an activating group) is 1. The Morgan fingerprint density at radius 3 is 2.88 bits per heavy atom. The molecule has 0 spiro atoms. The lowest BCUT2D eigenvalue weighted by Gasteiger charge is -2.34. The van der Waals surface area contributed by atoms with E-state index >= 15 is 0 Å². The Labute approximate surface area is 151 Å². The summed E-state index contributed by atoms with van der Waals surface area (Å²) in [5, 5.41) is 13.8. The third kappa shape index (κ3) is 3.22. The Hall–Kier alpha value is -1.40. The van der Waals surface area contributed by atoms with Gasteiger partial charge in [-0.05, 0) is 42.4 Å². The van der Waals surface area contributed by atoms with Crippen LogP contribution in [0.2, 0.25) is 0 Å². The number of nitrogens with zero attached hydrogens (tertiary/aromatic N) is 6. The van der Waals surface area contributed by atoms with Crippen molar-refractivity contribution in [1.29, 1.82) is 0 Å². The van der Waals surface area contributed by atoms with Crippen LogP contribution in [0.3, 0.4) is 0 Å². The molecule has 1 saturated heterocycles. The van der Waals surface area contributed by atoms with Gasteiger partial charge >= 0.3 is 0 Å². The Balaban J connectivity index is 1.93. The van der Waals surface area contributed by atoms with E-state index in [1.54, 1.807) is 29.3 Å². The van der Waals surface area contributed by atoms with Gasteiger partial charge in [0.25, 0.3) is 10.0 Å². The van der Waals surface area contributed by atoms with Gasteiger partial charge in [0.2, 0.25) is 0 Å². The second-order valence-corrected chi connectivity index (χ2v) is 9.28. The summed E-state index contributed by atoms with van der Waals surface area (Å²) < 4.78 is 34.4. The fourth-order valence-electron chi connectivity index (χ4n) is 3.12. The van der Waals surface area contributed by atoms with Crippen molar-refractivity contribution in [3.05, 3.63) is 23.3 Å². The molecule has 3 rings (SSSR count). The van der Waals surface area contributed by atoms with E-state index < -0.39 is 15.6 Å². The maximum absolute atomic E-state index is 12.9. The van der Waals surface area contributed by atoms with Gasteiger partial charge in [0.05, 0.1) is 18.7 Å². The molecule has 3 heterocycles. The summed E-state index contributed by atoms with van der Waals surface area (Å²) in [6.07, 6.45) is 0.623. The Kier molecular flexibility index (Phi) is 5.21. The Bertz CT molecular complexity index is 804. The van der Waals surface area contributed by atoms with E-state index in [9.17, 15) is 8.42 Å². The van der Waals surface area contributed by atoms with Gasteiger partial charge in [0.15, 0.2) is 5.82 Å². The quantitative estimate of drug-likeness (QED) is 0.672. The van der Waals surface area contributed by atoms with Gasteiger partial charge in [0, 0.05) is 20.2 Å². The van der Waals surface area contributed by atoms with Crippen LogP contribution < -0.4 is 0 Å². The lowest BCUT2D eigenvalue weighted by Crippen LogP contribution is -2.47. The summed E-state index contributed by atoms with van der Waals surface area (Å²) in [6, 6.07) is 3.39. The first-order chi connectivity index (χ1) is 11.9. The van der Waals surface area contributed by atoms with Crippen LogP contribution in [0.5, 0.6) is 0 Å². The standard InChI is InChI=1S/C14H22N6O3S2/c1-18(2)14(13-15-16-17-20(13)8-9-23-3)6-7-19(11-14)25(21,22)12-5-4-10-24-12/h4-5,10H,6-9,11H2,1-3H3. The van der Waals surface area contributed by atoms with Gasteiger partial charge < -0.3 is 4.74 Å². The molecule has 138 valence electrons. The van der Waals surface area contributed by atoms with Crippen LogP contribution in [0, 0.1) is 0 Å². The average Bonchev–Trinajstić information content (AvgIpc) is 3.32. The van der Waals surface area contributed by atoms with Crippen molar-refractivity contribution in [3.63, 3.8) is 0 Å². The predicted octanol–water partition coefficient (Wildman–Crippen LogP) is 0.233. The average molecular weight is 387 g/mol. The maximum Gasteiger partial charge on any atom is 0.252 e. The second-order valence-electron chi connectivity index (χ2n) is 6.17. The van der Waals surface area contributed by atoms with E-state index in [2.05, 4.69) is 15.5 Å². The van der Waals surface area contributed by atoms with Crippen LogP contribution in [0.15, 0.2) is 21.7 Å². The SMILES string of the molecule is COCCn1nnnc1C1(N(C)C)CCN(S(=O)(=O)c2cccs2)C1. The fourth-order valence-corrected chi connectivity index (χ4v) is 5.75. The number of hydrogen-bond acceptors (Lipinski definition) is 8. The van der Waals surface area contributed by atoms with Crippen LogP contribution in [0.4, 0.5) is 0 Å². The summed E-state index contributed by atoms with van der Waals surface area (Å²) in [5.41, 5.74) is -0.568. The minimum atomic E-state index is -3.50. The van der Waals surface area contributed by atoms with Crippen LogP contribution in [-0.4, -0.2) is 78.7 Å². The van der Waals surface area contributed by atoms with Gasteiger partial charge in [-0.15, -0.1) is 16.4 Å². The monoisotopic (exact) mass is 386 g/mol. The van der Waals surface area contributed by atoms with Crippen molar-refractivity contribution in [2.45, 2.75) is 22.7 Å². The molecule has 11 heteroatoms. The van der Waals surface area contributed by atoms with Gasteiger partial charge in [0.1, 0.15) is 4.21 Å². The largest absolute Gasteiger partial charge is 0.383 e. The molecule has 0 radical (unpaired) electrons. The first-order valence-electron chi connectivity index (χ1n) is 7.88. The van der Waals surface area contributed by atoms with Crippen molar-refractivity contribution in [3.8, 4) is 0 Å². The maximum atomic E-state index is 12.9. The summed E-state index contributed by atoms with van der Waals surface area (Å²) in [5.74, 6) is 0.665. The number of aromatic nitrogens is 4. The molecule has 0 saturated carbocycles. The molecule has 1 unspecified atom stereocenters. The van der Waals surface area contributed by atoms with E-state index in [-0.39, 0.29) is 0 Å². The Morgan fingerprint density at radius 1 is 1.44 bits per heavy atom. The molecule has 25 heavy (non-hydrogen) atoms. The van der Waals surface area contributed by atoms with Gasteiger partial charge in [-0.3, -0.25) is 4.90 Å². The zero-order valence-corrected chi connectivity index (χ0v) is 16.1. The fraction of sp³-hybridized carbons (Fsp3) is 0.643. The highest BCUT2D eigenvalue weighted by Crippen LogP contribution is 2.38. The summed E-state index contributed by atoms with van der Waals surface area (Å²) >= 11 is 1.23. The lowest BCUT2D eigenvalue weighted by molar-refractivity contribution is 0.138. The van der Waals surface area contributed by atoms with Crippen molar-refractivity contribution in [1.82, 2.24) is 29.4 Å². The molecule has 1 aliphatic heterocycles. The number of methoxy groups -OCH3 is 1. The van der Waals surface area contributed by atoms with Crippen LogP contribution in [0.1, 0.15) is 12.2 Å². The first kappa shape index (κ1) is 18.4. The summed E-state index contributed by atoms with van der Waals surface area (Å²) in [6.45, 7) is 1.74. The molecule has 1 fully saturated rings. The highest BCUT2D eigenvalue weighted by atomic mass is 32.2. The van der Waals surface area contributed by atoms with Crippen molar-refractivity contribution < 1.29 is 13.2 Å². The minimum Gasteiger partial charge on any atom is -0.383 e. The minimum absolute atomic E-state index is 0.313. The van der Waals surface area contributed by atoms with Gasteiger partial charge in [-0.2, -0.15) is 4.31 Å². The molecular formula is C14H22N6O3S2. The molecule has 9 nitrogen and oxygen atoms in total. The van der Waals surface area contributed by atoms with Crippen molar-refractivity contribution in [2.75, 3.05) is 40.9 Å². The van der Waals surface area contributed by atoms with Gasteiger partial charge in [-0.25, -0.2) is 13.1 Å². The lowest BCUT2D eigenvalue weighted by atomic mass is 9.96. The highest BCUT2D eigenvalue weighted by molar-refractivity contribution is 7.91. The zero-order chi connectivity index (χ0) is 18.1. The van der Waals surface area contributed by atoms with E-state index in [0.717, 1.165) is 0 Å². The van der Waals surface area contributed by atoms with Crippen molar-refractivity contribution >= 4 is 21.4 Å². The molecule has 0 bridgehead atoms. The van der Waals surface area contributed by atoms with E-state index in [0.29, 0.717) is 42.7 Å². The summed E-state index contributed by atoms with van der Waals surface area (Å²) in [7, 11) is 1.98. The number of ether oxygens (including phenoxy) is 1. The number of rotatable bonds is 7. The molecule has 0 amide bonds. The van der Waals surface area contributed by atoms with E-state index in [4.69, 9.17) is 4.74 Å². The number of thiophene rings is 1. The number of hydrogen-bond donors (Lipinski definition) is 0. The Morgan fingerprint density at radius 2 is 2.24 bits per heavy atom. The molecule has 1 atom stereocenters. The van der Waals surface area contributed by atoms with E-state index in [1.807, 2.05) is 19.0 Å². The summed E-state index contributed by atoms with van der Waals surface area (Å²) in [4.78, 5) is 2.01. The first-order valence-corrected chi connectivity index (χ1v) is 10.2. The van der Waals surface area contributed by atoms with Crippen LogP contribution in [-0.2, 0) is 26.8 Å². The highest BCUT2D eigenvalue weighted by Gasteiger charge is 2.49. The molecule has 0 N–H and O–H groups in total. The molecule has 0 aromatic carbocycles. The predicted molar refractivity (Wildman–Crippen MR) is 92.8 cm³/mol. The third-order valence-electron chi connectivity index (χ3n) is 4.61. The van der Waals surface area contributed by atoms with Crippen molar-refractivity contribution in [2.24, 2.45) is 0 Å². The van der Waals surface area contributed by atoms with Gasteiger partial charge in [-0.1, -0.05) is 6.07 Å². The molecule has 2 aromatic rings. The number of tetrazole rings is 1. The molecule has 2 aromatic heterocycles. The van der Waals surface area contributed by atoms with E-state index in [1.165, 1.54) is 15.6 Å². The van der Waals surface area contributed by atoms with Crippen LogP contribution in [0.25, 0.3) is 0 Å². The molecular weight excluding hydrogens is 364 g/mol. The topological polar surface area (TPSA) is 93.4 Å².